The first-order valence-electron chi connectivity index (χ1n) is 7.25. The van der Waals surface area contributed by atoms with Crippen LogP contribution in [-0.2, 0) is 14.4 Å². The van der Waals surface area contributed by atoms with Gasteiger partial charge in [0.25, 0.3) is 0 Å². The first kappa shape index (κ1) is 16.5. The Morgan fingerprint density at radius 2 is 1.65 bits per heavy atom. The molecule has 1 amide bonds. The van der Waals surface area contributed by atoms with Gasteiger partial charge in [-0.2, -0.15) is 0 Å². The normalized spacial score (nSPS) is 18.0. The number of rotatable bonds is 7. The molecule has 1 saturated carbocycles. The molecule has 6 nitrogen and oxygen atoms in total. The number of carbonyl (C=O) groups excluding carboxylic acids is 1. The first-order chi connectivity index (χ1) is 9.50. The third-order valence-corrected chi connectivity index (χ3v) is 3.72. The molecule has 114 valence electrons. The molecular formula is C14H23NO5. The second-order valence-corrected chi connectivity index (χ2v) is 5.37. The van der Waals surface area contributed by atoms with Crippen LogP contribution in [0, 0.1) is 5.92 Å². The molecule has 1 atom stereocenters. The second kappa shape index (κ2) is 8.55. The van der Waals surface area contributed by atoms with Crippen molar-refractivity contribution in [1.82, 2.24) is 5.32 Å². The van der Waals surface area contributed by atoms with Gasteiger partial charge in [0.1, 0.15) is 6.04 Å². The van der Waals surface area contributed by atoms with Crippen molar-refractivity contribution in [2.75, 3.05) is 0 Å². The minimum atomic E-state index is -1.10. The van der Waals surface area contributed by atoms with Crippen LogP contribution >= 0.6 is 0 Å². The summed E-state index contributed by atoms with van der Waals surface area (Å²) in [6.45, 7) is 0. The predicted molar refractivity (Wildman–Crippen MR) is 72.2 cm³/mol. The van der Waals surface area contributed by atoms with Gasteiger partial charge in [0.05, 0.1) is 0 Å². The van der Waals surface area contributed by atoms with E-state index >= 15 is 0 Å². The molecule has 0 aromatic rings. The lowest BCUT2D eigenvalue weighted by atomic mass is 9.98. The number of carbonyl (C=O) groups is 3. The molecule has 0 radical (unpaired) electrons. The monoisotopic (exact) mass is 285 g/mol. The van der Waals surface area contributed by atoms with Gasteiger partial charge in [-0.05, 0) is 25.7 Å². The van der Waals surface area contributed by atoms with E-state index in [9.17, 15) is 14.4 Å². The molecule has 0 bridgehead atoms. The Labute approximate surface area is 118 Å². The molecule has 1 aliphatic carbocycles. The standard InChI is InChI=1S/C14H23NO5/c16-12(17)9-5-8-11(14(19)20)15-13(18)10-6-3-1-2-4-7-10/h10-11H,1-9H2,(H,15,18)(H,16,17)(H,19,20)/t11-/m1/s1. The summed E-state index contributed by atoms with van der Waals surface area (Å²) in [5, 5.41) is 20.2. The van der Waals surface area contributed by atoms with Gasteiger partial charge in [-0.3, -0.25) is 9.59 Å². The van der Waals surface area contributed by atoms with Gasteiger partial charge >= 0.3 is 11.9 Å². The fourth-order valence-corrected chi connectivity index (χ4v) is 2.55. The van der Waals surface area contributed by atoms with Crippen LogP contribution in [0.1, 0.15) is 57.8 Å². The van der Waals surface area contributed by atoms with E-state index in [4.69, 9.17) is 10.2 Å². The summed E-state index contributed by atoms with van der Waals surface area (Å²) in [7, 11) is 0. The van der Waals surface area contributed by atoms with E-state index in [1.807, 2.05) is 0 Å². The Morgan fingerprint density at radius 3 is 2.15 bits per heavy atom. The van der Waals surface area contributed by atoms with E-state index < -0.39 is 18.0 Å². The van der Waals surface area contributed by atoms with E-state index in [1.165, 1.54) is 0 Å². The van der Waals surface area contributed by atoms with Crippen molar-refractivity contribution in [3.63, 3.8) is 0 Å². The molecule has 0 unspecified atom stereocenters. The van der Waals surface area contributed by atoms with E-state index in [-0.39, 0.29) is 31.1 Å². The molecule has 1 fully saturated rings. The van der Waals surface area contributed by atoms with Crippen LogP contribution in [-0.4, -0.2) is 34.1 Å². The number of nitrogens with one attached hydrogen (secondary N) is 1. The molecule has 1 aliphatic rings. The van der Waals surface area contributed by atoms with E-state index in [0.29, 0.717) is 0 Å². The van der Waals surface area contributed by atoms with Crippen LogP contribution in [0.4, 0.5) is 0 Å². The molecule has 0 aromatic carbocycles. The highest BCUT2D eigenvalue weighted by molar-refractivity contribution is 5.85. The van der Waals surface area contributed by atoms with Crippen molar-refractivity contribution in [3.05, 3.63) is 0 Å². The van der Waals surface area contributed by atoms with Crippen molar-refractivity contribution < 1.29 is 24.6 Å². The Balaban J connectivity index is 2.44. The van der Waals surface area contributed by atoms with E-state index in [1.54, 1.807) is 0 Å². The average molecular weight is 285 g/mol. The lowest BCUT2D eigenvalue weighted by Gasteiger charge is -2.19. The molecule has 0 spiro atoms. The third kappa shape index (κ3) is 6.04. The Kier molecular flexibility index (Phi) is 7.04. The van der Waals surface area contributed by atoms with Gasteiger partial charge in [0.2, 0.25) is 5.91 Å². The van der Waals surface area contributed by atoms with Crippen LogP contribution in [0.25, 0.3) is 0 Å². The number of amides is 1. The number of aliphatic carboxylic acids is 2. The first-order valence-corrected chi connectivity index (χ1v) is 7.25. The maximum absolute atomic E-state index is 12.1. The highest BCUT2D eigenvalue weighted by Gasteiger charge is 2.25. The maximum Gasteiger partial charge on any atom is 0.326 e. The molecule has 1 rings (SSSR count). The summed E-state index contributed by atoms with van der Waals surface area (Å²) in [6, 6.07) is -0.981. The summed E-state index contributed by atoms with van der Waals surface area (Å²) in [4.78, 5) is 33.6. The molecule has 6 heteroatoms. The zero-order valence-corrected chi connectivity index (χ0v) is 11.6. The van der Waals surface area contributed by atoms with E-state index in [2.05, 4.69) is 5.32 Å². The summed E-state index contributed by atoms with van der Waals surface area (Å²) in [5.41, 5.74) is 0. The zero-order valence-electron chi connectivity index (χ0n) is 11.6. The topological polar surface area (TPSA) is 104 Å². The number of carboxylic acid groups (broad SMARTS) is 2. The lowest BCUT2D eigenvalue weighted by molar-refractivity contribution is -0.143. The van der Waals surface area contributed by atoms with Crippen molar-refractivity contribution in [2.45, 2.75) is 63.8 Å². The molecule has 3 N–H and O–H groups in total. The lowest BCUT2D eigenvalue weighted by Crippen LogP contribution is -2.43. The summed E-state index contributed by atoms with van der Waals surface area (Å²) in [5.74, 6) is -2.35. The number of hydrogen-bond acceptors (Lipinski definition) is 3. The fourth-order valence-electron chi connectivity index (χ4n) is 2.55. The van der Waals surface area contributed by atoms with Gasteiger partial charge in [-0.25, -0.2) is 4.79 Å². The van der Waals surface area contributed by atoms with Gasteiger partial charge in [0.15, 0.2) is 0 Å². The summed E-state index contributed by atoms with van der Waals surface area (Å²) < 4.78 is 0. The Hall–Kier alpha value is -1.59. The van der Waals surface area contributed by atoms with Crippen LogP contribution < -0.4 is 5.32 Å². The largest absolute Gasteiger partial charge is 0.481 e. The number of carboxylic acids is 2. The third-order valence-electron chi connectivity index (χ3n) is 3.72. The van der Waals surface area contributed by atoms with Crippen LogP contribution in [0.3, 0.4) is 0 Å². The minimum Gasteiger partial charge on any atom is -0.481 e. The van der Waals surface area contributed by atoms with Gasteiger partial charge in [0, 0.05) is 12.3 Å². The highest BCUT2D eigenvalue weighted by Crippen LogP contribution is 2.23. The fraction of sp³-hybridized carbons (Fsp3) is 0.786. The van der Waals surface area contributed by atoms with Crippen molar-refractivity contribution in [3.8, 4) is 0 Å². The van der Waals surface area contributed by atoms with Gasteiger partial charge < -0.3 is 15.5 Å². The maximum atomic E-state index is 12.1. The predicted octanol–water partition coefficient (Wildman–Crippen LogP) is 1.78. The van der Waals surface area contributed by atoms with Crippen molar-refractivity contribution >= 4 is 17.8 Å². The van der Waals surface area contributed by atoms with Gasteiger partial charge in [-0.15, -0.1) is 0 Å². The van der Waals surface area contributed by atoms with Crippen molar-refractivity contribution in [2.24, 2.45) is 5.92 Å². The SMILES string of the molecule is O=C(O)CCC[C@@H](NC(=O)C1CCCCCC1)C(=O)O. The van der Waals surface area contributed by atoms with Crippen LogP contribution in [0.5, 0.6) is 0 Å². The van der Waals surface area contributed by atoms with Crippen molar-refractivity contribution in [1.29, 1.82) is 0 Å². The quantitative estimate of drug-likeness (QED) is 0.619. The van der Waals surface area contributed by atoms with Gasteiger partial charge in [-0.1, -0.05) is 25.7 Å². The van der Waals surface area contributed by atoms with E-state index in [0.717, 1.165) is 38.5 Å². The van der Waals surface area contributed by atoms with Crippen LogP contribution in [0.2, 0.25) is 0 Å². The minimum absolute atomic E-state index is 0.0803. The second-order valence-electron chi connectivity index (χ2n) is 5.37. The Morgan fingerprint density at radius 1 is 1.05 bits per heavy atom. The highest BCUT2D eigenvalue weighted by atomic mass is 16.4. The summed E-state index contributed by atoms with van der Waals surface area (Å²) in [6.07, 6.45) is 6.22. The zero-order chi connectivity index (χ0) is 15.0. The summed E-state index contributed by atoms with van der Waals surface area (Å²) >= 11 is 0. The average Bonchev–Trinajstić information content (AvgIpc) is 2.65. The smallest absolute Gasteiger partial charge is 0.326 e. The molecular weight excluding hydrogens is 262 g/mol. The molecule has 0 aromatic heterocycles. The van der Waals surface area contributed by atoms with Crippen LogP contribution in [0.15, 0.2) is 0 Å². The number of hydrogen-bond donors (Lipinski definition) is 3. The molecule has 0 aliphatic heterocycles. The molecule has 0 saturated heterocycles. The Bertz CT molecular complexity index is 347. The molecule has 0 heterocycles. The molecule has 20 heavy (non-hydrogen) atoms.